The van der Waals surface area contributed by atoms with Gasteiger partial charge in [0.2, 0.25) is 0 Å². The number of ketones is 1. The molecule has 20 heavy (non-hydrogen) atoms. The molecular weight excluding hydrogens is 286 g/mol. The molecule has 7 heteroatoms. The van der Waals surface area contributed by atoms with E-state index in [1.54, 1.807) is 6.92 Å². The number of Topliss-reactive ketones (excluding diaryl/α,β-unsaturated/α-hetero) is 1. The number of halogens is 1. The highest BCUT2D eigenvalue weighted by atomic mass is 35.5. The van der Waals surface area contributed by atoms with Gasteiger partial charge in [0.25, 0.3) is 5.69 Å². The fourth-order valence-electron chi connectivity index (χ4n) is 1.42. The van der Waals surface area contributed by atoms with Crippen LogP contribution in [0, 0.1) is 10.1 Å². The lowest BCUT2D eigenvalue weighted by atomic mass is 10.1. The molecule has 1 rings (SSSR count). The van der Waals surface area contributed by atoms with E-state index in [4.69, 9.17) is 16.3 Å². The van der Waals surface area contributed by atoms with Crippen LogP contribution < -0.4 is 0 Å². The fourth-order valence-corrected chi connectivity index (χ4v) is 1.60. The number of esters is 1. The van der Waals surface area contributed by atoms with Crippen molar-refractivity contribution in [3.8, 4) is 0 Å². The number of nitro groups is 1. The summed E-state index contributed by atoms with van der Waals surface area (Å²) in [6.45, 7) is 2.93. The SMILES string of the molecule is CCOC(=O)C(=Cc1cc([N+](=O)[O-])ccc1Cl)C(C)=O. The summed E-state index contributed by atoms with van der Waals surface area (Å²) in [4.78, 5) is 33.2. The first-order valence-corrected chi connectivity index (χ1v) is 6.08. The molecule has 0 fully saturated rings. The van der Waals surface area contributed by atoms with Gasteiger partial charge in [-0.25, -0.2) is 4.79 Å². The van der Waals surface area contributed by atoms with Gasteiger partial charge in [0.05, 0.1) is 11.5 Å². The number of ether oxygens (including phenoxy) is 1. The zero-order chi connectivity index (χ0) is 15.3. The highest BCUT2D eigenvalue weighted by Gasteiger charge is 2.17. The predicted molar refractivity (Wildman–Crippen MR) is 73.4 cm³/mol. The Kier molecular flexibility index (Phi) is 5.40. The second-order valence-electron chi connectivity index (χ2n) is 3.80. The lowest BCUT2D eigenvalue weighted by Crippen LogP contribution is -2.13. The molecule has 0 aliphatic heterocycles. The van der Waals surface area contributed by atoms with Crippen LogP contribution in [-0.2, 0) is 14.3 Å². The van der Waals surface area contributed by atoms with Crippen molar-refractivity contribution in [2.24, 2.45) is 0 Å². The Balaban J connectivity index is 3.30. The van der Waals surface area contributed by atoms with Crippen molar-refractivity contribution in [1.29, 1.82) is 0 Å². The van der Waals surface area contributed by atoms with Crippen LogP contribution in [0.4, 0.5) is 5.69 Å². The topological polar surface area (TPSA) is 86.5 Å². The fraction of sp³-hybridized carbons (Fsp3) is 0.231. The molecule has 1 aromatic carbocycles. The van der Waals surface area contributed by atoms with Gasteiger partial charge in [0, 0.05) is 22.7 Å². The van der Waals surface area contributed by atoms with E-state index in [1.807, 2.05) is 0 Å². The summed E-state index contributed by atoms with van der Waals surface area (Å²) >= 11 is 5.90. The second-order valence-corrected chi connectivity index (χ2v) is 4.20. The van der Waals surface area contributed by atoms with Gasteiger partial charge in [0.1, 0.15) is 5.57 Å². The van der Waals surface area contributed by atoms with Crippen LogP contribution in [0.2, 0.25) is 5.02 Å². The molecule has 0 aromatic heterocycles. The zero-order valence-corrected chi connectivity index (χ0v) is 11.6. The summed E-state index contributed by atoms with van der Waals surface area (Å²) in [6, 6.07) is 3.75. The van der Waals surface area contributed by atoms with Gasteiger partial charge in [-0.1, -0.05) is 11.6 Å². The monoisotopic (exact) mass is 297 g/mol. The first-order chi connectivity index (χ1) is 9.36. The van der Waals surface area contributed by atoms with E-state index in [0.717, 1.165) is 0 Å². The third-order valence-corrected chi connectivity index (χ3v) is 2.71. The number of benzene rings is 1. The number of hydrogen-bond donors (Lipinski definition) is 0. The summed E-state index contributed by atoms with van der Waals surface area (Å²) < 4.78 is 4.75. The van der Waals surface area contributed by atoms with Gasteiger partial charge in [-0.15, -0.1) is 0 Å². The second kappa shape index (κ2) is 6.81. The van der Waals surface area contributed by atoms with E-state index >= 15 is 0 Å². The zero-order valence-electron chi connectivity index (χ0n) is 10.9. The standard InChI is InChI=1S/C13H12ClNO5/c1-3-20-13(17)11(8(2)16)7-9-6-10(15(18)19)4-5-12(9)14/h4-7H,3H2,1-2H3. The largest absolute Gasteiger partial charge is 0.462 e. The third-order valence-electron chi connectivity index (χ3n) is 2.36. The highest BCUT2D eigenvalue weighted by Crippen LogP contribution is 2.24. The van der Waals surface area contributed by atoms with Crippen LogP contribution in [-0.4, -0.2) is 23.3 Å². The van der Waals surface area contributed by atoms with E-state index in [-0.39, 0.29) is 28.5 Å². The average molecular weight is 298 g/mol. The summed E-state index contributed by atoms with van der Waals surface area (Å²) in [5, 5.41) is 10.9. The Bertz CT molecular complexity index is 594. The molecule has 6 nitrogen and oxygen atoms in total. The van der Waals surface area contributed by atoms with Crippen molar-refractivity contribution in [3.05, 3.63) is 44.5 Å². The van der Waals surface area contributed by atoms with Crippen molar-refractivity contribution in [2.75, 3.05) is 6.61 Å². The van der Waals surface area contributed by atoms with Gasteiger partial charge in [-0.05, 0) is 26.0 Å². The summed E-state index contributed by atoms with van der Waals surface area (Å²) in [5.74, 6) is -1.30. The number of hydrogen-bond acceptors (Lipinski definition) is 5. The van der Waals surface area contributed by atoms with Gasteiger partial charge in [-0.3, -0.25) is 14.9 Å². The Morgan fingerprint density at radius 3 is 2.60 bits per heavy atom. The lowest BCUT2D eigenvalue weighted by molar-refractivity contribution is -0.384. The molecule has 0 radical (unpaired) electrons. The first-order valence-electron chi connectivity index (χ1n) is 5.70. The maximum Gasteiger partial charge on any atom is 0.341 e. The van der Waals surface area contributed by atoms with Crippen molar-refractivity contribution in [1.82, 2.24) is 0 Å². The lowest BCUT2D eigenvalue weighted by Gasteiger charge is -2.04. The number of nitrogens with zero attached hydrogens (tertiary/aromatic N) is 1. The number of rotatable bonds is 5. The minimum Gasteiger partial charge on any atom is -0.462 e. The third kappa shape index (κ3) is 3.89. The predicted octanol–water partition coefficient (Wildman–Crippen LogP) is 2.78. The Morgan fingerprint density at radius 2 is 2.10 bits per heavy atom. The molecule has 106 valence electrons. The van der Waals surface area contributed by atoms with Crippen molar-refractivity contribution >= 4 is 35.1 Å². The van der Waals surface area contributed by atoms with E-state index in [9.17, 15) is 19.7 Å². The van der Waals surface area contributed by atoms with Gasteiger partial charge < -0.3 is 4.74 Å². The smallest absolute Gasteiger partial charge is 0.341 e. The molecule has 0 unspecified atom stereocenters. The molecule has 0 saturated heterocycles. The van der Waals surface area contributed by atoms with E-state index < -0.39 is 16.7 Å². The van der Waals surface area contributed by atoms with Crippen molar-refractivity contribution < 1.29 is 19.2 Å². The average Bonchev–Trinajstić information content (AvgIpc) is 2.37. The molecule has 0 spiro atoms. The minimum absolute atomic E-state index is 0.117. The normalized spacial score (nSPS) is 11.1. The molecule has 0 heterocycles. The van der Waals surface area contributed by atoms with Gasteiger partial charge in [-0.2, -0.15) is 0 Å². The maximum atomic E-state index is 11.6. The van der Waals surface area contributed by atoms with Gasteiger partial charge >= 0.3 is 5.97 Å². The van der Waals surface area contributed by atoms with E-state index in [0.29, 0.717) is 0 Å². The Hall–Kier alpha value is -2.21. The van der Waals surface area contributed by atoms with Crippen LogP contribution in [0.15, 0.2) is 23.8 Å². The number of nitro benzene ring substituents is 1. The molecule has 0 aliphatic carbocycles. The minimum atomic E-state index is -0.789. The summed E-state index contributed by atoms with van der Waals surface area (Å²) in [5.41, 5.74) is -0.194. The molecule has 0 saturated carbocycles. The van der Waals surface area contributed by atoms with Crippen LogP contribution in [0.3, 0.4) is 0 Å². The van der Waals surface area contributed by atoms with Crippen LogP contribution in [0.25, 0.3) is 6.08 Å². The first kappa shape index (κ1) is 15.8. The quantitative estimate of drug-likeness (QED) is 0.208. The number of carbonyl (C=O) groups is 2. The maximum absolute atomic E-state index is 11.6. The van der Waals surface area contributed by atoms with Crippen molar-refractivity contribution in [2.45, 2.75) is 13.8 Å². The Labute approximate surface area is 120 Å². The summed E-state index contributed by atoms with van der Waals surface area (Å²) in [6.07, 6.45) is 1.19. The number of carbonyl (C=O) groups excluding carboxylic acids is 2. The van der Waals surface area contributed by atoms with Crippen LogP contribution >= 0.6 is 11.6 Å². The molecule has 0 bridgehead atoms. The van der Waals surface area contributed by atoms with Crippen LogP contribution in [0.1, 0.15) is 19.4 Å². The molecule has 0 amide bonds. The number of non-ortho nitro benzene ring substituents is 1. The summed E-state index contributed by atoms with van der Waals surface area (Å²) in [7, 11) is 0. The van der Waals surface area contributed by atoms with Gasteiger partial charge in [0.15, 0.2) is 5.78 Å². The Morgan fingerprint density at radius 1 is 1.45 bits per heavy atom. The van der Waals surface area contributed by atoms with E-state index in [2.05, 4.69) is 0 Å². The highest BCUT2D eigenvalue weighted by molar-refractivity contribution is 6.32. The molecule has 0 atom stereocenters. The van der Waals surface area contributed by atoms with Crippen LogP contribution in [0.5, 0.6) is 0 Å². The molecular formula is C13H12ClNO5. The molecule has 0 aliphatic rings. The molecule has 0 N–H and O–H groups in total. The van der Waals surface area contributed by atoms with E-state index in [1.165, 1.54) is 31.2 Å². The molecule has 1 aromatic rings. The van der Waals surface area contributed by atoms with Crippen molar-refractivity contribution in [3.63, 3.8) is 0 Å².